The van der Waals surface area contributed by atoms with Crippen molar-refractivity contribution >= 4 is 11.9 Å². The molecule has 0 aliphatic heterocycles. The first kappa shape index (κ1) is 30.5. The van der Waals surface area contributed by atoms with E-state index >= 15 is 0 Å². The van der Waals surface area contributed by atoms with E-state index in [9.17, 15) is 30.0 Å². The number of phenolic OH excluding ortho intramolecular Hbond substituents is 2. The van der Waals surface area contributed by atoms with E-state index in [2.05, 4.69) is 0 Å². The minimum Gasteiger partial charge on any atom is -0.508 e. The first-order chi connectivity index (χ1) is 18.8. The molecule has 0 fully saturated rings. The van der Waals surface area contributed by atoms with Crippen molar-refractivity contribution in [1.82, 2.24) is 0 Å². The van der Waals surface area contributed by atoms with Crippen LogP contribution in [0, 0.1) is 5.92 Å². The minimum absolute atomic E-state index is 0.0287. The smallest absolute Gasteiger partial charge is 0.339 e. The zero-order valence-electron chi connectivity index (χ0n) is 23.8. The Labute approximate surface area is 236 Å². The molecule has 0 bridgehead atoms. The number of phenols is 2. The molecule has 2 unspecified atom stereocenters. The second kappa shape index (κ2) is 12.5. The summed E-state index contributed by atoms with van der Waals surface area (Å²) in [5.41, 5.74) is 1.72. The molecular formula is C33H40O7. The van der Waals surface area contributed by atoms with E-state index < -0.39 is 29.4 Å². The van der Waals surface area contributed by atoms with Crippen LogP contribution in [0.3, 0.4) is 0 Å². The number of hydrogen-bond acceptors (Lipinski definition) is 5. The lowest BCUT2D eigenvalue weighted by atomic mass is 9.77. The van der Waals surface area contributed by atoms with Gasteiger partial charge in [0.05, 0.1) is 5.92 Å². The molecule has 0 radical (unpaired) electrons. The lowest BCUT2D eigenvalue weighted by Gasteiger charge is -2.31. The maximum Gasteiger partial charge on any atom is 0.339 e. The lowest BCUT2D eigenvalue weighted by molar-refractivity contribution is -0.145. The molecular weight excluding hydrogens is 508 g/mol. The number of carboxylic acid groups (broad SMARTS) is 2. The van der Waals surface area contributed by atoms with Gasteiger partial charge in [0.25, 0.3) is 0 Å². The van der Waals surface area contributed by atoms with Crippen LogP contribution in [0.25, 0.3) is 0 Å². The van der Waals surface area contributed by atoms with E-state index in [1.165, 1.54) is 0 Å². The van der Waals surface area contributed by atoms with E-state index in [0.717, 1.165) is 16.7 Å². The Balaban J connectivity index is 1.89. The molecule has 214 valence electrons. The first-order valence-electron chi connectivity index (χ1n) is 13.6. The second-order valence-corrected chi connectivity index (χ2v) is 11.5. The van der Waals surface area contributed by atoms with Gasteiger partial charge in [0.1, 0.15) is 28.9 Å². The summed E-state index contributed by atoms with van der Waals surface area (Å²) in [4.78, 5) is 24.8. The maximum absolute atomic E-state index is 12.4. The first-order valence-corrected chi connectivity index (χ1v) is 13.6. The Morgan fingerprint density at radius 2 is 1.30 bits per heavy atom. The molecule has 3 aromatic rings. The van der Waals surface area contributed by atoms with Gasteiger partial charge in [0.2, 0.25) is 0 Å². The largest absolute Gasteiger partial charge is 0.508 e. The molecule has 0 heterocycles. The summed E-state index contributed by atoms with van der Waals surface area (Å²) >= 11 is 0. The molecule has 3 rings (SSSR count). The van der Waals surface area contributed by atoms with Crippen LogP contribution in [-0.2, 0) is 15.6 Å². The fourth-order valence-corrected chi connectivity index (χ4v) is 5.06. The second-order valence-electron chi connectivity index (χ2n) is 11.5. The molecule has 0 saturated heterocycles. The predicted octanol–water partition coefficient (Wildman–Crippen LogP) is 7.13. The average Bonchev–Trinajstić information content (AvgIpc) is 2.89. The van der Waals surface area contributed by atoms with Gasteiger partial charge in [-0.05, 0) is 77.8 Å². The number of benzene rings is 3. The van der Waals surface area contributed by atoms with Gasteiger partial charge in [-0.1, -0.05) is 71.4 Å². The normalized spacial score (nSPS) is 13.4. The van der Waals surface area contributed by atoms with Crippen molar-refractivity contribution in [2.75, 3.05) is 0 Å². The summed E-state index contributed by atoms with van der Waals surface area (Å²) in [5.74, 6) is -2.52. The average molecular weight is 549 g/mol. The number of hydrogen-bond donors (Lipinski definition) is 4. The van der Waals surface area contributed by atoms with Gasteiger partial charge in [0, 0.05) is 5.41 Å². The van der Waals surface area contributed by atoms with E-state index in [1.54, 1.807) is 54.6 Å². The van der Waals surface area contributed by atoms with Crippen LogP contribution >= 0.6 is 0 Å². The van der Waals surface area contributed by atoms with E-state index in [0.29, 0.717) is 25.7 Å². The standard InChI is InChI=1S/C33H40O7/c1-6-7-28(26(30(36)37)18-19-32(2,3)21-8-13-24(34)14-9-21)40-29-17-12-23(20-27(29)31(38)39)33(4,5)22-10-15-25(35)16-11-22/h8-17,20,26,28,34-35H,6-7,18-19H2,1-5H3,(H,36,37)(H,38,39). The van der Waals surface area contributed by atoms with Crippen molar-refractivity contribution < 1.29 is 34.8 Å². The van der Waals surface area contributed by atoms with Crippen molar-refractivity contribution in [2.45, 2.75) is 77.2 Å². The van der Waals surface area contributed by atoms with Crippen molar-refractivity contribution in [3.63, 3.8) is 0 Å². The third-order valence-corrected chi connectivity index (χ3v) is 7.87. The number of aromatic hydroxyl groups is 2. The van der Waals surface area contributed by atoms with Gasteiger partial charge in [-0.15, -0.1) is 0 Å². The van der Waals surface area contributed by atoms with Crippen LogP contribution in [-0.4, -0.2) is 38.5 Å². The minimum atomic E-state index is -1.16. The van der Waals surface area contributed by atoms with Crippen LogP contribution in [0.4, 0.5) is 0 Å². The molecule has 3 aromatic carbocycles. The number of ether oxygens (including phenoxy) is 1. The van der Waals surface area contributed by atoms with Gasteiger partial charge < -0.3 is 25.2 Å². The van der Waals surface area contributed by atoms with Crippen molar-refractivity contribution in [2.24, 2.45) is 5.92 Å². The highest BCUT2D eigenvalue weighted by molar-refractivity contribution is 5.91. The SMILES string of the molecule is CCCC(Oc1ccc(C(C)(C)c2ccc(O)cc2)cc1C(=O)O)C(CCC(C)(C)c1ccc(O)cc1)C(=O)O. The number of rotatable bonds is 13. The van der Waals surface area contributed by atoms with Crippen molar-refractivity contribution in [1.29, 1.82) is 0 Å². The fourth-order valence-electron chi connectivity index (χ4n) is 5.06. The van der Waals surface area contributed by atoms with Crippen LogP contribution < -0.4 is 4.74 Å². The molecule has 4 N–H and O–H groups in total. The quantitative estimate of drug-likeness (QED) is 0.179. The molecule has 40 heavy (non-hydrogen) atoms. The summed E-state index contributed by atoms with van der Waals surface area (Å²) < 4.78 is 6.22. The molecule has 0 aliphatic rings. The summed E-state index contributed by atoms with van der Waals surface area (Å²) in [6, 6.07) is 18.7. The lowest BCUT2D eigenvalue weighted by Crippen LogP contribution is -2.35. The number of aliphatic carboxylic acids is 1. The monoisotopic (exact) mass is 548 g/mol. The number of aromatic carboxylic acids is 1. The van der Waals surface area contributed by atoms with Crippen LogP contribution in [0.15, 0.2) is 66.7 Å². The topological polar surface area (TPSA) is 124 Å². The number of carboxylic acids is 2. The Hall–Kier alpha value is -4.00. The summed E-state index contributed by atoms with van der Waals surface area (Å²) in [6.07, 6.45) is 1.30. The van der Waals surface area contributed by atoms with Crippen LogP contribution in [0.5, 0.6) is 17.2 Å². The molecule has 7 heteroatoms. The van der Waals surface area contributed by atoms with Crippen LogP contribution in [0.1, 0.15) is 87.4 Å². The van der Waals surface area contributed by atoms with Crippen molar-refractivity contribution in [3.05, 3.63) is 89.0 Å². The molecule has 0 aliphatic carbocycles. The maximum atomic E-state index is 12.4. The molecule has 0 amide bonds. The van der Waals surface area contributed by atoms with E-state index in [4.69, 9.17) is 4.74 Å². The summed E-state index contributed by atoms with van der Waals surface area (Å²) in [7, 11) is 0. The summed E-state index contributed by atoms with van der Waals surface area (Å²) in [5, 5.41) is 39.5. The Bertz CT molecular complexity index is 1310. The summed E-state index contributed by atoms with van der Waals surface area (Å²) in [6.45, 7) is 9.95. The third-order valence-electron chi connectivity index (χ3n) is 7.87. The Kier molecular flexibility index (Phi) is 9.51. The third kappa shape index (κ3) is 7.14. The molecule has 0 aromatic heterocycles. The van der Waals surface area contributed by atoms with Gasteiger partial charge in [-0.3, -0.25) is 4.79 Å². The Morgan fingerprint density at radius 3 is 1.80 bits per heavy atom. The van der Waals surface area contributed by atoms with Gasteiger partial charge in [-0.25, -0.2) is 4.79 Å². The Morgan fingerprint density at radius 1 is 0.775 bits per heavy atom. The highest BCUT2D eigenvalue weighted by Crippen LogP contribution is 2.37. The molecule has 0 spiro atoms. The zero-order valence-corrected chi connectivity index (χ0v) is 23.8. The molecule has 7 nitrogen and oxygen atoms in total. The van der Waals surface area contributed by atoms with Gasteiger partial charge >= 0.3 is 11.9 Å². The van der Waals surface area contributed by atoms with Gasteiger partial charge in [-0.2, -0.15) is 0 Å². The zero-order chi connectivity index (χ0) is 29.7. The highest BCUT2D eigenvalue weighted by Gasteiger charge is 2.33. The van der Waals surface area contributed by atoms with Gasteiger partial charge in [0.15, 0.2) is 0 Å². The molecule has 0 saturated carbocycles. The van der Waals surface area contributed by atoms with E-state index in [1.807, 2.05) is 46.8 Å². The fraction of sp³-hybridized carbons (Fsp3) is 0.394. The number of carbonyl (C=O) groups is 2. The molecule has 2 atom stereocenters. The highest BCUT2D eigenvalue weighted by atomic mass is 16.5. The van der Waals surface area contributed by atoms with E-state index in [-0.39, 0.29) is 28.2 Å². The predicted molar refractivity (Wildman–Crippen MR) is 154 cm³/mol. The van der Waals surface area contributed by atoms with Crippen molar-refractivity contribution in [3.8, 4) is 17.2 Å². The van der Waals surface area contributed by atoms with Crippen LogP contribution in [0.2, 0.25) is 0 Å².